The fourth-order valence-electron chi connectivity index (χ4n) is 5.66. The number of halogens is 1. The first-order chi connectivity index (χ1) is 16.0. The van der Waals surface area contributed by atoms with E-state index in [4.69, 9.17) is 4.74 Å². The van der Waals surface area contributed by atoms with E-state index in [-0.39, 0.29) is 23.9 Å². The molecule has 0 bridgehead atoms. The molecule has 1 fully saturated rings. The highest BCUT2D eigenvalue weighted by Gasteiger charge is 2.47. The quantitative estimate of drug-likeness (QED) is 0.558. The lowest BCUT2D eigenvalue weighted by Gasteiger charge is -2.50. The normalized spacial score (nSPS) is 20.2. The van der Waals surface area contributed by atoms with Gasteiger partial charge in [-0.3, -0.25) is 4.90 Å². The van der Waals surface area contributed by atoms with Crippen LogP contribution in [-0.4, -0.2) is 64.4 Å². The van der Waals surface area contributed by atoms with Gasteiger partial charge in [0.05, 0.1) is 19.8 Å². The van der Waals surface area contributed by atoms with Crippen LogP contribution < -0.4 is 4.74 Å². The van der Waals surface area contributed by atoms with Crippen molar-refractivity contribution in [1.29, 1.82) is 0 Å². The molecule has 7 nitrogen and oxygen atoms in total. The van der Waals surface area contributed by atoms with Crippen LogP contribution in [0.3, 0.4) is 0 Å². The zero-order chi connectivity index (χ0) is 23.2. The fourth-order valence-corrected chi connectivity index (χ4v) is 5.66. The lowest BCUT2D eigenvalue weighted by atomic mass is 9.68. The first-order valence-corrected chi connectivity index (χ1v) is 11.2. The third-order valence-electron chi connectivity index (χ3n) is 7.34. The van der Waals surface area contributed by atoms with E-state index >= 15 is 0 Å². The summed E-state index contributed by atoms with van der Waals surface area (Å²) in [4.78, 5) is 18.7. The highest BCUT2D eigenvalue weighted by atomic mass is 19.1. The third-order valence-corrected chi connectivity index (χ3v) is 7.34. The average Bonchev–Trinajstić information content (AvgIpc) is 3.20. The number of H-pyrrole nitrogens is 1. The smallest absolute Gasteiger partial charge is 0.407 e. The number of nitrogens with one attached hydrogen (secondary N) is 1. The molecule has 1 spiro atoms. The number of aliphatic hydroxyl groups excluding tert-OH is 1. The molecular weight excluding hydrogens is 425 g/mol. The topological polar surface area (TPSA) is 89.0 Å². The van der Waals surface area contributed by atoms with E-state index in [1.165, 1.54) is 11.0 Å². The number of methoxy groups -OCH3 is 1. The number of amides is 1. The minimum atomic E-state index is -0.902. The number of piperidine rings is 1. The van der Waals surface area contributed by atoms with Crippen molar-refractivity contribution in [2.75, 3.05) is 33.4 Å². The number of carboxylic acid groups (broad SMARTS) is 1. The predicted octanol–water partition coefficient (Wildman–Crippen LogP) is 3.88. The van der Waals surface area contributed by atoms with E-state index in [0.717, 1.165) is 27.9 Å². The lowest BCUT2D eigenvalue weighted by Crippen LogP contribution is -2.54. The molecule has 2 aromatic carbocycles. The van der Waals surface area contributed by atoms with Crippen molar-refractivity contribution in [2.24, 2.45) is 0 Å². The van der Waals surface area contributed by atoms with Crippen LogP contribution in [0, 0.1) is 5.82 Å². The van der Waals surface area contributed by atoms with Crippen LogP contribution in [0.5, 0.6) is 5.75 Å². The van der Waals surface area contributed by atoms with E-state index in [0.29, 0.717) is 44.6 Å². The molecule has 1 amide bonds. The summed E-state index contributed by atoms with van der Waals surface area (Å²) in [6.45, 7) is 1.75. The van der Waals surface area contributed by atoms with Crippen LogP contribution in [-0.2, 0) is 12.0 Å². The second-order valence-corrected chi connectivity index (χ2v) is 9.07. The number of aliphatic hydroxyl groups is 1. The number of rotatable bonds is 4. The number of aromatic amines is 1. The molecule has 0 saturated carbocycles. The van der Waals surface area contributed by atoms with E-state index in [2.05, 4.69) is 9.88 Å². The van der Waals surface area contributed by atoms with E-state index in [1.807, 2.05) is 24.3 Å². The van der Waals surface area contributed by atoms with Crippen molar-refractivity contribution in [3.05, 3.63) is 65.1 Å². The number of hydrogen-bond acceptors (Lipinski definition) is 4. The number of aromatic nitrogens is 1. The number of hydrogen-bond donors (Lipinski definition) is 3. The standard InChI is InChI=1S/C25H28FN3O4/c1-33-17-6-7-18-20(12-17)27-23-21(14-30)29(13-16-4-2-3-5-19(16)26)15-25(22(18)23)8-10-28(11-9-25)24(31)32/h2-7,12,21,27,30H,8-11,13-15H2,1H3,(H,31,32). The molecule has 33 heavy (non-hydrogen) atoms. The Hall–Kier alpha value is -3.10. The minimum absolute atomic E-state index is 0.108. The summed E-state index contributed by atoms with van der Waals surface area (Å²) in [6, 6.07) is 12.3. The van der Waals surface area contributed by atoms with Crippen molar-refractivity contribution in [3.8, 4) is 5.75 Å². The monoisotopic (exact) mass is 453 g/mol. The van der Waals surface area contributed by atoms with E-state index in [9.17, 15) is 19.4 Å². The summed E-state index contributed by atoms with van der Waals surface area (Å²) in [6.07, 6.45) is 0.426. The highest BCUT2D eigenvalue weighted by molar-refractivity contribution is 5.88. The molecule has 3 N–H and O–H groups in total. The SMILES string of the molecule is COc1ccc2c3c([nH]c2c1)C(CO)N(Cc1ccccc1F)CC31CCN(C(=O)O)CC1. The van der Waals surface area contributed by atoms with Gasteiger partial charge in [-0.05, 0) is 36.6 Å². The van der Waals surface area contributed by atoms with Gasteiger partial charge in [0.2, 0.25) is 0 Å². The highest BCUT2D eigenvalue weighted by Crippen LogP contribution is 2.49. The van der Waals surface area contributed by atoms with Gasteiger partial charge in [0.25, 0.3) is 0 Å². The third kappa shape index (κ3) is 3.63. The number of carbonyl (C=O) groups is 1. The van der Waals surface area contributed by atoms with Gasteiger partial charge in [-0.2, -0.15) is 0 Å². The van der Waals surface area contributed by atoms with Gasteiger partial charge in [-0.25, -0.2) is 9.18 Å². The average molecular weight is 454 g/mol. The van der Waals surface area contributed by atoms with Crippen LogP contribution in [0.25, 0.3) is 10.9 Å². The van der Waals surface area contributed by atoms with Gasteiger partial charge in [0.1, 0.15) is 11.6 Å². The van der Waals surface area contributed by atoms with E-state index < -0.39 is 6.09 Å². The molecule has 3 aromatic rings. The molecule has 1 aromatic heterocycles. The second kappa shape index (κ2) is 8.35. The molecular formula is C25H28FN3O4. The zero-order valence-corrected chi connectivity index (χ0v) is 18.6. The number of benzene rings is 2. The van der Waals surface area contributed by atoms with Crippen molar-refractivity contribution < 1.29 is 24.1 Å². The molecule has 5 rings (SSSR count). The molecule has 0 aliphatic carbocycles. The zero-order valence-electron chi connectivity index (χ0n) is 18.6. The summed E-state index contributed by atoms with van der Waals surface area (Å²) in [5, 5.41) is 21.0. The number of ether oxygens (including phenoxy) is 1. The van der Waals surface area contributed by atoms with Crippen LogP contribution in [0.15, 0.2) is 42.5 Å². The van der Waals surface area contributed by atoms with Gasteiger partial charge >= 0.3 is 6.09 Å². The molecule has 1 atom stereocenters. The summed E-state index contributed by atoms with van der Waals surface area (Å²) >= 11 is 0. The Bertz CT molecular complexity index is 1190. The molecule has 0 radical (unpaired) electrons. The van der Waals surface area contributed by atoms with Crippen LogP contribution in [0.4, 0.5) is 9.18 Å². The number of nitrogens with zero attached hydrogens (tertiary/aromatic N) is 2. The van der Waals surface area contributed by atoms with Crippen LogP contribution in [0.2, 0.25) is 0 Å². The first kappa shape index (κ1) is 21.7. The maximum Gasteiger partial charge on any atom is 0.407 e. The lowest BCUT2D eigenvalue weighted by molar-refractivity contribution is 0.0432. The number of likely N-dealkylation sites (tertiary alicyclic amines) is 1. The molecule has 2 aliphatic heterocycles. The number of fused-ring (bicyclic) bond motifs is 4. The molecule has 3 heterocycles. The second-order valence-electron chi connectivity index (χ2n) is 9.07. The maximum atomic E-state index is 14.5. The van der Waals surface area contributed by atoms with Gasteiger partial charge in [-0.1, -0.05) is 18.2 Å². The molecule has 1 saturated heterocycles. The fraction of sp³-hybridized carbons (Fsp3) is 0.400. The first-order valence-electron chi connectivity index (χ1n) is 11.2. The Morgan fingerprint density at radius 2 is 2.00 bits per heavy atom. The molecule has 2 aliphatic rings. The summed E-state index contributed by atoms with van der Waals surface area (Å²) in [5.41, 5.74) is 3.27. The van der Waals surface area contributed by atoms with E-state index in [1.54, 1.807) is 19.2 Å². The van der Waals surface area contributed by atoms with Crippen LogP contribution >= 0.6 is 0 Å². The van der Waals surface area contributed by atoms with Gasteiger partial charge in [0, 0.05) is 59.8 Å². The van der Waals surface area contributed by atoms with Crippen molar-refractivity contribution in [2.45, 2.75) is 30.8 Å². The maximum absolute atomic E-state index is 14.5. The molecule has 174 valence electrons. The summed E-state index contributed by atoms with van der Waals surface area (Å²) in [5.74, 6) is 0.468. The summed E-state index contributed by atoms with van der Waals surface area (Å²) < 4.78 is 19.9. The Labute approximate surface area is 191 Å². The Balaban J connectivity index is 1.62. The minimum Gasteiger partial charge on any atom is -0.497 e. The Kier molecular flexibility index (Phi) is 5.50. The van der Waals surface area contributed by atoms with Gasteiger partial charge in [-0.15, -0.1) is 0 Å². The van der Waals surface area contributed by atoms with Gasteiger partial charge < -0.3 is 24.8 Å². The van der Waals surface area contributed by atoms with Crippen molar-refractivity contribution >= 4 is 17.0 Å². The Morgan fingerprint density at radius 1 is 1.24 bits per heavy atom. The molecule has 8 heteroatoms. The summed E-state index contributed by atoms with van der Waals surface area (Å²) in [7, 11) is 1.62. The largest absolute Gasteiger partial charge is 0.497 e. The predicted molar refractivity (Wildman–Crippen MR) is 122 cm³/mol. The van der Waals surface area contributed by atoms with Crippen molar-refractivity contribution in [3.63, 3.8) is 0 Å². The Morgan fingerprint density at radius 3 is 2.67 bits per heavy atom. The molecule has 1 unspecified atom stereocenters. The van der Waals surface area contributed by atoms with Crippen molar-refractivity contribution in [1.82, 2.24) is 14.8 Å². The van der Waals surface area contributed by atoms with Gasteiger partial charge in [0.15, 0.2) is 0 Å². The van der Waals surface area contributed by atoms with Crippen LogP contribution in [0.1, 0.15) is 35.7 Å².